The molecule has 0 heterocycles. The van der Waals surface area contributed by atoms with Gasteiger partial charge in [0, 0.05) is 12.6 Å². The number of hydrogen-bond acceptors (Lipinski definition) is 5. The highest BCUT2D eigenvalue weighted by atomic mass is 32.2. The summed E-state index contributed by atoms with van der Waals surface area (Å²) in [6.07, 6.45) is 3.45. The van der Waals surface area contributed by atoms with E-state index in [4.69, 9.17) is 4.74 Å². The highest BCUT2D eigenvalue weighted by Crippen LogP contribution is 2.41. The van der Waals surface area contributed by atoms with Crippen molar-refractivity contribution in [3.05, 3.63) is 71.3 Å². The fourth-order valence-corrected chi connectivity index (χ4v) is 5.02. The Morgan fingerprint density at radius 3 is 2.23 bits per heavy atom. The van der Waals surface area contributed by atoms with Crippen LogP contribution in [0.25, 0.3) is 0 Å². The Kier molecular flexibility index (Phi) is 10.9. The van der Waals surface area contributed by atoms with E-state index in [9.17, 15) is 14.4 Å². The molecule has 0 aromatic heterocycles. The number of nitrogens with zero attached hydrogens (tertiary/aromatic N) is 1. The third-order valence-corrected chi connectivity index (χ3v) is 7.46. The number of hydrogen-bond donors (Lipinski definition) is 2. The summed E-state index contributed by atoms with van der Waals surface area (Å²) in [5, 5.41) is 5.87. The summed E-state index contributed by atoms with van der Waals surface area (Å²) in [5.74, 6) is 0.437. The van der Waals surface area contributed by atoms with Crippen LogP contribution in [0.5, 0.6) is 0 Å². The zero-order valence-electron chi connectivity index (χ0n) is 24.0. The molecule has 3 amide bonds. The Morgan fingerprint density at radius 2 is 1.69 bits per heavy atom. The minimum absolute atomic E-state index is 0.0898. The first-order valence-electron chi connectivity index (χ1n) is 13.7. The number of rotatable bonds is 12. The zero-order chi connectivity index (χ0) is 28.6. The third-order valence-electron chi connectivity index (χ3n) is 6.82. The highest BCUT2D eigenvalue weighted by molar-refractivity contribution is 7.98. The molecule has 7 nitrogen and oxygen atoms in total. The van der Waals surface area contributed by atoms with Gasteiger partial charge in [-0.1, -0.05) is 68.4 Å². The van der Waals surface area contributed by atoms with Crippen LogP contribution in [0.3, 0.4) is 0 Å². The molecule has 1 aliphatic rings. The first kappa shape index (κ1) is 30.5. The zero-order valence-corrected chi connectivity index (χ0v) is 24.8. The highest BCUT2D eigenvalue weighted by Gasteiger charge is 2.48. The average Bonchev–Trinajstić information content (AvgIpc) is 3.63. The molecule has 0 spiro atoms. The van der Waals surface area contributed by atoms with Gasteiger partial charge in [0.15, 0.2) is 0 Å². The van der Waals surface area contributed by atoms with Crippen molar-refractivity contribution in [2.24, 2.45) is 5.92 Å². The Bertz CT molecular complexity index is 1100. The van der Waals surface area contributed by atoms with Gasteiger partial charge >= 0.3 is 6.09 Å². The summed E-state index contributed by atoms with van der Waals surface area (Å²) in [4.78, 5) is 42.6. The van der Waals surface area contributed by atoms with E-state index in [0.29, 0.717) is 18.7 Å². The second-order valence-corrected chi connectivity index (χ2v) is 12.2. The van der Waals surface area contributed by atoms with Gasteiger partial charge in [0.1, 0.15) is 17.7 Å². The van der Waals surface area contributed by atoms with E-state index in [2.05, 4.69) is 24.5 Å². The van der Waals surface area contributed by atoms with Crippen LogP contribution < -0.4 is 10.6 Å². The molecule has 8 heteroatoms. The number of carbonyl (C=O) groups is 3. The normalized spacial score (nSPS) is 18.0. The molecule has 0 saturated heterocycles. The molecule has 212 valence electrons. The number of benzene rings is 2. The van der Waals surface area contributed by atoms with Crippen molar-refractivity contribution in [3.8, 4) is 0 Å². The van der Waals surface area contributed by atoms with Crippen LogP contribution in [0, 0.1) is 5.92 Å². The van der Waals surface area contributed by atoms with Crippen molar-refractivity contribution in [2.75, 3.05) is 12.0 Å². The number of nitrogens with one attached hydrogen (secondary N) is 2. The monoisotopic (exact) mass is 553 g/mol. The van der Waals surface area contributed by atoms with Gasteiger partial charge in [0.25, 0.3) is 0 Å². The van der Waals surface area contributed by atoms with Crippen LogP contribution in [0.1, 0.15) is 70.2 Å². The van der Waals surface area contributed by atoms with Crippen LogP contribution in [0.4, 0.5) is 4.79 Å². The molecule has 4 atom stereocenters. The Balaban J connectivity index is 1.95. The van der Waals surface area contributed by atoms with E-state index in [0.717, 1.165) is 29.5 Å². The summed E-state index contributed by atoms with van der Waals surface area (Å²) in [5.41, 5.74) is 2.20. The molecular weight excluding hydrogens is 510 g/mol. The topological polar surface area (TPSA) is 87.7 Å². The van der Waals surface area contributed by atoms with Gasteiger partial charge in [-0.25, -0.2) is 4.79 Å². The molecule has 4 unspecified atom stereocenters. The quantitative estimate of drug-likeness (QED) is 0.363. The van der Waals surface area contributed by atoms with E-state index in [1.54, 1.807) is 37.4 Å². The fraction of sp³-hybridized carbons (Fsp3) is 0.516. The van der Waals surface area contributed by atoms with Crippen molar-refractivity contribution >= 4 is 29.7 Å². The molecule has 1 aliphatic carbocycles. The summed E-state index contributed by atoms with van der Waals surface area (Å²) >= 11 is 1.60. The third kappa shape index (κ3) is 9.02. The van der Waals surface area contributed by atoms with Gasteiger partial charge in [-0.2, -0.15) is 11.8 Å². The molecule has 2 N–H and O–H groups in total. The first-order chi connectivity index (χ1) is 18.5. The van der Waals surface area contributed by atoms with Crippen LogP contribution >= 0.6 is 11.8 Å². The number of carbonyl (C=O) groups excluding carboxylic acids is 3. The molecule has 0 radical (unpaired) electrons. The van der Waals surface area contributed by atoms with E-state index in [-0.39, 0.29) is 23.8 Å². The maximum atomic E-state index is 14.3. The summed E-state index contributed by atoms with van der Waals surface area (Å²) in [6, 6.07) is 15.9. The molecule has 0 bridgehead atoms. The predicted molar refractivity (Wildman–Crippen MR) is 157 cm³/mol. The molecule has 2 aromatic rings. The lowest BCUT2D eigenvalue weighted by atomic mass is 9.99. The Morgan fingerprint density at radius 1 is 1.05 bits per heavy atom. The summed E-state index contributed by atoms with van der Waals surface area (Å²) in [7, 11) is 0. The van der Waals surface area contributed by atoms with Crippen molar-refractivity contribution in [1.82, 2.24) is 15.5 Å². The average molecular weight is 554 g/mol. The number of amides is 3. The van der Waals surface area contributed by atoms with Gasteiger partial charge < -0.3 is 20.3 Å². The molecular formula is C31H43N3O4S. The molecule has 1 fully saturated rings. The van der Waals surface area contributed by atoms with Crippen LogP contribution in [0.2, 0.25) is 0 Å². The summed E-state index contributed by atoms with van der Waals surface area (Å²) in [6.45, 7) is 9.89. The molecule has 39 heavy (non-hydrogen) atoms. The van der Waals surface area contributed by atoms with E-state index >= 15 is 0 Å². The number of thioether (sulfide) groups is 1. The minimum atomic E-state index is -0.820. The molecule has 1 saturated carbocycles. The first-order valence-corrected chi connectivity index (χ1v) is 15.1. The number of alkyl carbamates (subject to hydrolysis) is 1. The molecule has 0 aliphatic heterocycles. The van der Waals surface area contributed by atoms with Gasteiger partial charge in [0.2, 0.25) is 11.8 Å². The number of ether oxygens (including phenoxy) is 1. The Hall–Kier alpha value is -3.00. The van der Waals surface area contributed by atoms with Crippen molar-refractivity contribution < 1.29 is 19.1 Å². The second kappa shape index (κ2) is 13.9. The summed E-state index contributed by atoms with van der Waals surface area (Å²) < 4.78 is 5.47. The maximum absolute atomic E-state index is 14.3. The van der Waals surface area contributed by atoms with Crippen molar-refractivity contribution in [1.29, 1.82) is 0 Å². The predicted octanol–water partition coefficient (Wildman–Crippen LogP) is 5.49. The second-order valence-electron chi connectivity index (χ2n) is 11.2. The SMILES string of the molecule is CCc1ccc(C(C(=O)NCc2ccccc2)N(C(=O)C(CCSC)NC(=O)OC(C)(C)C)C2CC2C)cc1. The van der Waals surface area contributed by atoms with Crippen LogP contribution in [0.15, 0.2) is 54.6 Å². The lowest BCUT2D eigenvalue weighted by molar-refractivity contribution is -0.143. The fourth-order valence-electron chi connectivity index (χ4n) is 4.55. The van der Waals surface area contributed by atoms with Gasteiger partial charge in [-0.3, -0.25) is 9.59 Å². The smallest absolute Gasteiger partial charge is 0.408 e. The van der Waals surface area contributed by atoms with Crippen molar-refractivity contribution in [3.63, 3.8) is 0 Å². The molecule has 3 rings (SSSR count). The van der Waals surface area contributed by atoms with E-state index in [1.165, 1.54) is 0 Å². The van der Waals surface area contributed by atoms with Crippen molar-refractivity contribution in [2.45, 2.75) is 84.2 Å². The van der Waals surface area contributed by atoms with E-state index in [1.807, 2.05) is 60.9 Å². The van der Waals surface area contributed by atoms with E-state index < -0.39 is 23.8 Å². The number of aryl methyl sites for hydroxylation is 1. The van der Waals surface area contributed by atoms with Gasteiger partial charge in [0.05, 0.1) is 0 Å². The lowest BCUT2D eigenvalue weighted by Crippen LogP contribution is -2.54. The standard InChI is InChI=1S/C31H43N3O4S/c1-7-22-13-15-24(16-14-22)27(28(35)32-20-23-11-9-8-10-12-23)34(26-19-21(26)2)29(36)25(17-18-39-6)33-30(37)38-31(3,4)5/h8-16,21,25-27H,7,17-20H2,1-6H3,(H,32,35)(H,33,37). The maximum Gasteiger partial charge on any atom is 0.408 e. The largest absolute Gasteiger partial charge is 0.444 e. The lowest BCUT2D eigenvalue weighted by Gasteiger charge is -2.35. The Labute approximate surface area is 237 Å². The van der Waals surface area contributed by atoms with Gasteiger partial charge in [-0.15, -0.1) is 0 Å². The van der Waals surface area contributed by atoms with Crippen LogP contribution in [-0.2, 0) is 27.3 Å². The van der Waals surface area contributed by atoms with Crippen LogP contribution in [-0.4, -0.2) is 52.5 Å². The van der Waals surface area contributed by atoms with Gasteiger partial charge in [-0.05, 0) is 74.7 Å². The molecule has 2 aromatic carbocycles. The minimum Gasteiger partial charge on any atom is -0.444 e.